The summed E-state index contributed by atoms with van der Waals surface area (Å²) in [6.45, 7) is 10.2. The number of nitrogens with zero attached hydrogens (tertiary/aromatic N) is 2. The Morgan fingerprint density at radius 2 is 0.900 bits per heavy atom. The second kappa shape index (κ2) is 16.5. The van der Waals surface area contributed by atoms with E-state index in [2.05, 4.69) is 0 Å². The van der Waals surface area contributed by atoms with Crippen LogP contribution in [0.4, 0.5) is 0 Å². The van der Waals surface area contributed by atoms with E-state index in [0.717, 1.165) is 0 Å². The molecule has 0 saturated carbocycles. The van der Waals surface area contributed by atoms with Crippen molar-refractivity contribution in [2.75, 3.05) is 65.7 Å². The van der Waals surface area contributed by atoms with E-state index in [-0.39, 0.29) is 26.4 Å². The molecule has 0 saturated heterocycles. The van der Waals surface area contributed by atoms with E-state index in [1.807, 2.05) is 37.5 Å². The maximum atomic E-state index is 13.0. The smallest absolute Gasteiger partial charge is 0.320 e. The molecule has 0 atom stereocenters. The third-order valence-electron chi connectivity index (χ3n) is 5.87. The predicted molar refractivity (Wildman–Crippen MR) is 119 cm³/mol. The second-order valence-electron chi connectivity index (χ2n) is 7.68. The average Bonchev–Trinajstić information content (AvgIpc) is 2.73. The van der Waals surface area contributed by atoms with Gasteiger partial charge in [-0.2, -0.15) is 0 Å². The minimum Gasteiger partial charge on any atom is -0.395 e. The van der Waals surface area contributed by atoms with Crippen molar-refractivity contribution in [2.45, 2.75) is 64.6 Å². The summed E-state index contributed by atoms with van der Waals surface area (Å²) in [7, 11) is -2.85. The largest absolute Gasteiger partial charge is 0.395 e. The Morgan fingerprint density at radius 1 is 0.633 bits per heavy atom. The highest BCUT2D eigenvalue weighted by Crippen LogP contribution is 2.41. The number of hydrogen-bond acceptors (Lipinski definition) is 9. The number of rotatable bonds is 20. The quantitative estimate of drug-likeness (QED) is 0.199. The Morgan fingerprint density at radius 3 is 1.10 bits per heavy atom. The molecule has 0 heterocycles. The van der Waals surface area contributed by atoms with Gasteiger partial charge in [0.1, 0.15) is 0 Å². The van der Waals surface area contributed by atoms with E-state index in [1.54, 1.807) is 0 Å². The fraction of sp³-hybridized carbons (Fsp3) is 1.00. The molecule has 10 heteroatoms. The maximum Gasteiger partial charge on any atom is 0.320 e. The molecule has 9 nitrogen and oxygen atoms in total. The number of aliphatic hydroxyl groups is 4. The molecule has 0 spiro atoms. The normalized spacial score (nSPS) is 13.2. The van der Waals surface area contributed by atoms with Crippen LogP contribution in [0.2, 0.25) is 0 Å². The molecule has 0 bridgehead atoms. The Labute approximate surface area is 182 Å². The first kappa shape index (κ1) is 29.9. The van der Waals surface area contributed by atoms with Gasteiger partial charge in [-0.15, -0.1) is 0 Å². The molecule has 0 aliphatic rings. The van der Waals surface area contributed by atoms with Crippen LogP contribution in [0.3, 0.4) is 0 Å². The van der Waals surface area contributed by atoms with Crippen LogP contribution in [0.1, 0.15) is 53.4 Å². The Kier molecular flexibility index (Phi) is 16.5. The van der Waals surface area contributed by atoms with Gasteiger partial charge in [0.25, 0.3) is 0 Å². The van der Waals surface area contributed by atoms with Crippen LogP contribution in [-0.4, -0.2) is 107 Å². The van der Waals surface area contributed by atoms with Crippen molar-refractivity contribution in [1.29, 1.82) is 0 Å². The Bertz CT molecular complexity index is 399. The van der Waals surface area contributed by atoms with Gasteiger partial charge in [-0.05, 0) is 25.7 Å². The molecule has 0 aromatic heterocycles. The molecule has 0 fully saturated rings. The predicted octanol–water partition coefficient (Wildman–Crippen LogP) is 1.10. The van der Waals surface area contributed by atoms with E-state index < -0.39 is 19.5 Å². The third-order valence-corrected chi connectivity index (χ3v) is 7.06. The highest BCUT2D eigenvalue weighted by atomic mass is 31.1. The fourth-order valence-corrected chi connectivity index (χ4v) is 5.05. The lowest BCUT2D eigenvalue weighted by molar-refractivity contribution is -0.0309. The van der Waals surface area contributed by atoms with Crippen LogP contribution < -0.4 is 0 Å². The number of hydrogen-bond donors (Lipinski definition) is 4. The zero-order valence-corrected chi connectivity index (χ0v) is 20.3. The molecule has 0 unspecified atom stereocenters. The van der Waals surface area contributed by atoms with Gasteiger partial charge >= 0.3 is 8.25 Å². The van der Waals surface area contributed by atoms with Gasteiger partial charge in [0.2, 0.25) is 0 Å². The van der Waals surface area contributed by atoms with Crippen molar-refractivity contribution in [2.24, 2.45) is 0 Å². The monoisotopic (exact) mass is 456 g/mol. The van der Waals surface area contributed by atoms with Crippen LogP contribution in [0.15, 0.2) is 0 Å². The summed E-state index contributed by atoms with van der Waals surface area (Å²) in [5.74, 6) is 0. The van der Waals surface area contributed by atoms with Gasteiger partial charge in [0.15, 0.2) is 0 Å². The topological polar surface area (TPSA) is 123 Å². The van der Waals surface area contributed by atoms with Gasteiger partial charge in [0, 0.05) is 39.3 Å². The summed E-state index contributed by atoms with van der Waals surface area (Å²) >= 11 is 0. The van der Waals surface area contributed by atoms with Crippen LogP contribution >= 0.6 is 8.25 Å². The summed E-state index contributed by atoms with van der Waals surface area (Å²) in [5.41, 5.74) is -1.41. The summed E-state index contributed by atoms with van der Waals surface area (Å²) in [6, 6.07) is 0. The SMILES string of the molecule is CCC(CC)(CN(CCO)CCO)O[PH](=O)OC(CC)(CC)CN(CCO)CCO. The summed E-state index contributed by atoms with van der Waals surface area (Å²) < 4.78 is 25.1. The highest BCUT2D eigenvalue weighted by Gasteiger charge is 2.36. The Balaban J connectivity index is 5.35. The maximum absolute atomic E-state index is 13.0. The summed E-state index contributed by atoms with van der Waals surface area (Å²) in [4.78, 5) is 3.80. The molecule has 182 valence electrons. The summed E-state index contributed by atoms with van der Waals surface area (Å²) in [6.07, 6.45) is 2.46. The Hall–Kier alpha value is -0.0900. The van der Waals surface area contributed by atoms with E-state index in [0.29, 0.717) is 65.0 Å². The van der Waals surface area contributed by atoms with E-state index in [4.69, 9.17) is 9.05 Å². The van der Waals surface area contributed by atoms with Gasteiger partial charge in [-0.25, -0.2) is 0 Å². The molecule has 0 rings (SSSR count). The third kappa shape index (κ3) is 10.5. The lowest BCUT2D eigenvalue weighted by Gasteiger charge is -2.39. The van der Waals surface area contributed by atoms with Crippen molar-refractivity contribution < 1.29 is 34.0 Å². The molecular formula is C20H45N2O7P. The number of aliphatic hydroxyl groups excluding tert-OH is 4. The zero-order chi connectivity index (χ0) is 23.0. The van der Waals surface area contributed by atoms with E-state index >= 15 is 0 Å². The molecule has 0 aromatic rings. The van der Waals surface area contributed by atoms with Crippen molar-refractivity contribution in [3.05, 3.63) is 0 Å². The van der Waals surface area contributed by atoms with Crippen molar-refractivity contribution in [1.82, 2.24) is 9.80 Å². The van der Waals surface area contributed by atoms with Crippen LogP contribution in [0.5, 0.6) is 0 Å². The minimum absolute atomic E-state index is 0.0322. The minimum atomic E-state index is -2.85. The van der Waals surface area contributed by atoms with Crippen LogP contribution in [-0.2, 0) is 13.6 Å². The summed E-state index contributed by atoms with van der Waals surface area (Å²) in [5, 5.41) is 37.2. The van der Waals surface area contributed by atoms with Crippen molar-refractivity contribution >= 4 is 8.25 Å². The van der Waals surface area contributed by atoms with Crippen LogP contribution in [0.25, 0.3) is 0 Å². The highest BCUT2D eigenvalue weighted by molar-refractivity contribution is 7.33. The van der Waals surface area contributed by atoms with Gasteiger partial charge in [0.05, 0.1) is 37.6 Å². The van der Waals surface area contributed by atoms with Crippen molar-refractivity contribution in [3.63, 3.8) is 0 Å². The van der Waals surface area contributed by atoms with Gasteiger partial charge in [-0.1, -0.05) is 27.7 Å². The second-order valence-corrected chi connectivity index (χ2v) is 8.59. The molecule has 0 aliphatic heterocycles. The first-order chi connectivity index (χ1) is 14.3. The van der Waals surface area contributed by atoms with Gasteiger partial charge < -0.3 is 29.5 Å². The molecule has 0 aliphatic carbocycles. The molecular weight excluding hydrogens is 411 g/mol. The van der Waals surface area contributed by atoms with Gasteiger partial charge in [-0.3, -0.25) is 14.4 Å². The lowest BCUT2D eigenvalue weighted by Crippen LogP contribution is -2.47. The molecule has 0 radical (unpaired) electrons. The lowest BCUT2D eigenvalue weighted by atomic mass is 9.97. The fourth-order valence-electron chi connectivity index (χ4n) is 3.60. The van der Waals surface area contributed by atoms with Crippen molar-refractivity contribution in [3.8, 4) is 0 Å². The molecule has 30 heavy (non-hydrogen) atoms. The molecule has 4 N–H and O–H groups in total. The van der Waals surface area contributed by atoms with E-state index in [9.17, 15) is 25.0 Å². The average molecular weight is 457 g/mol. The first-order valence-corrected chi connectivity index (χ1v) is 12.4. The zero-order valence-electron chi connectivity index (χ0n) is 19.3. The molecule has 0 aromatic carbocycles. The molecule has 0 amide bonds. The van der Waals surface area contributed by atoms with Crippen LogP contribution in [0, 0.1) is 0 Å². The standard InChI is InChI=1S/C20H45N2O7P/c1-5-19(6-2,17-21(9-13-23)10-14-24)28-30(27)29-20(7-3,8-4)18-22(11-15-25)12-16-26/h23-26,30H,5-18H2,1-4H3. The van der Waals surface area contributed by atoms with E-state index in [1.165, 1.54) is 0 Å². The first-order valence-electron chi connectivity index (χ1n) is 11.1.